The summed E-state index contributed by atoms with van der Waals surface area (Å²) < 4.78 is 0. The number of hydrogen-bond donors (Lipinski definition) is 0. The normalized spacial score (nSPS) is 13.3. The van der Waals surface area contributed by atoms with Crippen LogP contribution in [-0.4, -0.2) is 8.07 Å². The van der Waals surface area contributed by atoms with Crippen molar-refractivity contribution in [3.63, 3.8) is 0 Å². The molecule has 110 valence electrons. The van der Waals surface area contributed by atoms with Crippen LogP contribution in [-0.2, 0) is 6.42 Å². The fourth-order valence-electron chi connectivity index (χ4n) is 4.19. The lowest BCUT2D eigenvalue weighted by molar-refractivity contribution is 1.22. The fourth-order valence-corrected chi connectivity index (χ4v) is 6.62. The SMILES string of the molecule is Cc1cccc2c1-c1c(C)c(C)c(C)c([Si](C)(C)C)c1C2. The minimum absolute atomic E-state index is 1.13. The summed E-state index contributed by atoms with van der Waals surface area (Å²) in [6, 6.07) is 6.79. The first kappa shape index (κ1) is 14.6. The monoisotopic (exact) mass is 294 g/mol. The molecule has 1 heteroatoms. The van der Waals surface area contributed by atoms with Gasteiger partial charge in [0.05, 0.1) is 8.07 Å². The second-order valence-electron chi connectivity index (χ2n) is 7.64. The molecule has 0 unspecified atom stereocenters. The quantitative estimate of drug-likeness (QED) is 0.552. The molecule has 0 N–H and O–H groups in total. The summed E-state index contributed by atoms with van der Waals surface area (Å²) in [5.41, 5.74) is 12.2. The van der Waals surface area contributed by atoms with E-state index < -0.39 is 8.07 Å². The fraction of sp³-hybridized carbons (Fsp3) is 0.400. The molecule has 0 aromatic heterocycles. The minimum atomic E-state index is -1.35. The van der Waals surface area contributed by atoms with Gasteiger partial charge in [-0.1, -0.05) is 43.0 Å². The van der Waals surface area contributed by atoms with E-state index in [9.17, 15) is 0 Å². The smallest absolute Gasteiger partial charge is 0.0656 e. The molecule has 2 aromatic rings. The lowest BCUT2D eigenvalue weighted by Crippen LogP contribution is -2.42. The van der Waals surface area contributed by atoms with Gasteiger partial charge in [-0.25, -0.2) is 0 Å². The van der Waals surface area contributed by atoms with Crippen molar-refractivity contribution in [3.8, 4) is 11.1 Å². The molecule has 0 radical (unpaired) electrons. The van der Waals surface area contributed by atoms with E-state index in [1.54, 1.807) is 21.9 Å². The lowest BCUT2D eigenvalue weighted by Gasteiger charge is -2.27. The van der Waals surface area contributed by atoms with Gasteiger partial charge in [-0.15, -0.1) is 0 Å². The zero-order chi connectivity index (χ0) is 15.5. The Hall–Kier alpha value is -1.34. The van der Waals surface area contributed by atoms with Gasteiger partial charge < -0.3 is 0 Å². The minimum Gasteiger partial charge on any atom is -0.0656 e. The van der Waals surface area contributed by atoms with Gasteiger partial charge in [0.15, 0.2) is 0 Å². The van der Waals surface area contributed by atoms with Gasteiger partial charge in [-0.3, -0.25) is 0 Å². The Kier molecular flexibility index (Phi) is 3.18. The van der Waals surface area contributed by atoms with Crippen LogP contribution in [0.4, 0.5) is 0 Å². The molecule has 0 bridgehead atoms. The number of hydrogen-bond acceptors (Lipinski definition) is 0. The van der Waals surface area contributed by atoms with Crippen molar-refractivity contribution in [1.29, 1.82) is 0 Å². The van der Waals surface area contributed by atoms with Crippen LogP contribution in [0.25, 0.3) is 11.1 Å². The van der Waals surface area contributed by atoms with Crippen molar-refractivity contribution in [1.82, 2.24) is 0 Å². The first-order chi connectivity index (χ1) is 9.73. The third kappa shape index (κ3) is 2.02. The maximum Gasteiger partial charge on any atom is 0.0783 e. The van der Waals surface area contributed by atoms with Crippen molar-refractivity contribution < 1.29 is 0 Å². The number of fused-ring (bicyclic) bond motifs is 3. The van der Waals surface area contributed by atoms with E-state index in [2.05, 4.69) is 65.5 Å². The first-order valence-electron chi connectivity index (χ1n) is 7.95. The summed E-state index contributed by atoms with van der Waals surface area (Å²) in [5.74, 6) is 0. The van der Waals surface area contributed by atoms with E-state index in [1.165, 1.54) is 27.8 Å². The Balaban J connectivity index is 2.45. The molecule has 2 aromatic carbocycles. The Bertz CT molecular complexity index is 746. The zero-order valence-electron chi connectivity index (χ0n) is 14.4. The first-order valence-corrected chi connectivity index (χ1v) is 11.5. The molecule has 21 heavy (non-hydrogen) atoms. The Labute approximate surface area is 130 Å². The lowest BCUT2D eigenvalue weighted by atomic mass is 9.91. The third-order valence-electron chi connectivity index (χ3n) is 5.20. The van der Waals surface area contributed by atoms with Crippen molar-refractivity contribution >= 4 is 13.3 Å². The summed E-state index contributed by atoms with van der Waals surface area (Å²) in [7, 11) is -1.35. The van der Waals surface area contributed by atoms with Crippen LogP contribution in [0.1, 0.15) is 33.4 Å². The largest absolute Gasteiger partial charge is 0.0783 e. The summed E-state index contributed by atoms with van der Waals surface area (Å²) in [4.78, 5) is 0. The van der Waals surface area contributed by atoms with Gasteiger partial charge in [-0.05, 0) is 78.6 Å². The molecule has 0 heterocycles. The molecule has 0 aliphatic heterocycles. The molecule has 0 atom stereocenters. The number of aryl methyl sites for hydroxylation is 1. The molecule has 0 saturated carbocycles. The van der Waals surface area contributed by atoms with Gasteiger partial charge >= 0.3 is 0 Å². The van der Waals surface area contributed by atoms with E-state index in [0.29, 0.717) is 0 Å². The molecule has 1 aliphatic rings. The highest BCUT2D eigenvalue weighted by Gasteiger charge is 2.32. The van der Waals surface area contributed by atoms with Gasteiger partial charge in [0, 0.05) is 0 Å². The van der Waals surface area contributed by atoms with Crippen molar-refractivity contribution in [2.75, 3.05) is 0 Å². The van der Waals surface area contributed by atoms with Crippen LogP contribution >= 0.6 is 0 Å². The number of rotatable bonds is 1. The predicted molar refractivity (Wildman–Crippen MR) is 96.6 cm³/mol. The Morgan fingerprint density at radius 3 is 2.10 bits per heavy atom. The van der Waals surface area contributed by atoms with E-state index in [-0.39, 0.29) is 0 Å². The second-order valence-corrected chi connectivity index (χ2v) is 12.6. The molecular weight excluding hydrogens is 268 g/mol. The molecule has 0 fully saturated rings. The highest BCUT2D eigenvalue weighted by atomic mass is 28.3. The predicted octanol–water partition coefficient (Wildman–Crippen LogP) is 5.04. The third-order valence-corrected chi connectivity index (χ3v) is 7.38. The Morgan fingerprint density at radius 1 is 0.810 bits per heavy atom. The van der Waals surface area contributed by atoms with E-state index >= 15 is 0 Å². The zero-order valence-corrected chi connectivity index (χ0v) is 15.4. The highest BCUT2D eigenvalue weighted by molar-refractivity contribution is 6.89. The van der Waals surface area contributed by atoms with Crippen LogP contribution in [0, 0.1) is 27.7 Å². The maximum absolute atomic E-state index is 2.49. The molecular formula is C20H26Si. The molecule has 3 rings (SSSR count). The van der Waals surface area contributed by atoms with E-state index in [0.717, 1.165) is 6.42 Å². The average Bonchev–Trinajstić information content (AvgIpc) is 2.74. The average molecular weight is 295 g/mol. The molecule has 0 saturated heterocycles. The molecule has 0 amide bonds. The standard InChI is InChI=1S/C20H26Si/c1-12-9-8-10-16-11-17-19(18(12)16)14(3)13(2)15(4)20(17)21(5,6)7/h8-10H,11H2,1-7H3. The molecule has 0 nitrogen and oxygen atoms in total. The molecule has 1 aliphatic carbocycles. The summed E-state index contributed by atoms with van der Waals surface area (Å²) in [6.07, 6.45) is 1.13. The van der Waals surface area contributed by atoms with Crippen LogP contribution in [0.15, 0.2) is 18.2 Å². The Morgan fingerprint density at radius 2 is 1.48 bits per heavy atom. The van der Waals surface area contributed by atoms with E-state index in [1.807, 2.05) is 0 Å². The topological polar surface area (TPSA) is 0 Å². The van der Waals surface area contributed by atoms with Crippen molar-refractivity contribution in [2.45, 2.75) is 53.8 Å². The van der Waals surface area contributed by atoms with Gasteiger partial charge in [0.2, 0.25) is 0 Å². The van der Waals surface area contributed by atoms with Crippen LogP contribution in [0.3, 0.4) is 0 Å². The molecule has 0 spiro atoms. The van der Waals surface area contributed by atoms with Crippen LogP contribution in [0.2, 0.25) is 19.6 Å². The highest BCUT2D eigenvalue weighted by Crippen LogP contribution is 2.42. The van der Waals surface area contributed by atoms with Crippen LogP contribution in [0.5, 0.6) is 0 Å². The summed E-state index contributed by atoms with van der Waals surface area (Å²) in [6.45, 7) is 16.7. The van der Waals surface area contributed by atoms with Gasteiger partial charge in [0.25, 0.3) is 0 Å². The van der Waals surface area contributed by atoms with Crippen molar-refractivity contribution in [3.05, 3.63) is 51.6 Å². The summed E-state index contributed by atoms with van der Waals surface area (Å²) >= 11 is 0. The van der Waals surface area contributed by atoms with Gasteiger partial charge in [-0.2, -0.15) is 0 Å². The van der Waals surface area contributed by atoms with Crippen LogP contribution < -0.4 is 5.19 Å². The second kappa shape index (κ2) is 4.57. The summed E-state index contributed by atoms with van der Waals surface area (Å²) in [5, 5.41) is 1.70. The number of benzene rings is 2. The van der Waals surface area contributed by atoms with Crippen molar-refractivity contribution in [2.24, 2.45) is 0 Å². The van der Waals surface area contributed by atoms with E-state index in [4.69, 9.17) is 0 Å². The van der Waals surface area contributed by atoms with Gasteiger partial charge in [0.1, 0.15) is 0 Å². The maximum atomic E-state index is 2.49.